The summed E-state index contributed by atoms with van der Waals surface area (Å²) >= 11 is 6.15. The number of halogens is 1. The Morgan fingerprint density at radius 1 is 1.28 bits per heavy atom. The molecular weight excluding hydrogens is 370 g/mol. The summed E-state index contributed by atoms with van der Waals surface area (Å²) < 4.78 is 32.5. The molecule has 0 saturated carbocycles. The lowest BCUT2D eigenvalue weighted by atomic mass is 10.2. The summed E-state index contributed by atoms with van der Waals surface area (Å²) in [5.41, 5.74) is 0.330. The van der Waals surface area contributed by atoms with Crippen molar-refractivity contribution in [3.05, 3.63) is 17.2 Å². The van der Waals surface area contributed by atoms with Crippen LogP contribution in [0.15, 0.2) is 17.0 Å². The van der Waals surface area contributed by atoms with Gasteiger partial charge < -0.3 is 15.0 Å². The van der Waals surface area contributed by atoms with Gasteiger partial charge in [-0.2, -0.15) is 4.31 Å². The van der Waals surface area contributed by atoms with E-state index < -0.39 is 10.0 Å². The number of hydrogen-bond donors (Lipinski definition) is 1. The van der Waals surface area contributed by atoms with E-state index in [1.807, 2.05) is 0 Å². The summed E-state index contributed by atoms with van der Waals surface area (Å²) in [6, 6.07) is 2.58. The minimum absolute atomic E-state index is 0.0224. The van der Waals surface area contributed by atoms with Crippen molar-refractivity contribution >= 4 is 39.1 Å². The molecular formula is C15H16ClN3O5S. The topological polar surface area (TPSA) is 96.0 Å². The van der Waals surface area contributed by atoms with Crippen molar-refractivity contribution in [2.45, 2.75) is 23.8 Å². The Bertz CT molecular complexity index is 872. The second-order valence-corrected chi connectivity index (χ2v) is 8.61. The van der Waals surface area contributed by atoms with Crippen molar-refractivity contribution in [2.75, 3.05) is 31.6 Å². The van der Waals surface area contributed by atoms with Crippen molar-refractivity contribution in [3.8, 4) is 5.75 Å². The van der Waals surface area contributed by atoms with Gasteiger partial charge in [0.15, 0.2) is 6.61 Å². The highest BCUT2D eigenvalue weighted by molar-refractivity contribution is 7.89. The molecule has 1 N–H and O–H groups in total. The Morgan fingerprint density at radius 3 is 2.88 bits per heavy atom. The van der Waals surface area contributed by atoms with Crippen LogP contribution in [0.5, 0.6) is 5.75 Å². The monoisotopic (exact) mass is 385 g/mol. The number of nitrogens with one attached hydrogen (secondary N) is 1. The molecule has 0 aromatic heterocycles. The smallest absolute Gasteiger partial charge is 0.262 e. The minimum atomic E-state index is -3.95. The first-order valence-corrected chi connectivity index (χ1v) is 9.74. The van der Waals surface area contributed by atoms with Crippen molar-refractivity contribution in [1.29, 1.82) is 0 Å². The van der Waals surface area contributed by atoms with Crippen LogP contribution in [0.1, 0.15) is 12.8 Å². The average molecular weight is 386 g/mol. The molecule has 2 amide bonds. The first-order chi connectivity index (χ1) is 11.9. The number of carbonyl (C=O) groups is 2. The van der Waals surface area contributed by atoms with Gasteiger partial charge in [0.1, 0.15) is 10.6 Å². The number of amides is 2. The van der Waals surface area contributed by atoms with Crippen LogP contribution in [0.4, 0.5) is 5.69 Å². The molecule has 0 spiro atoms. The van der Waals surface area contributed by atoms with Gasteiger partial charge in [-0.25, -0.2) is 8.42 Å². The Kier molecular flexibility index (Phi) is 3.89. The van der Waals surface area contributed by atoms with E-state index in [2.05, 4.69) is 5.32 Å². The van der Waals surface area contributed by atoms with E-state index >= 15 is 0 Å². The number of nitrogens with zero attached hydrogens (tertiary/aromatic N) is 2. The number of piperazine rings is 1. The molecule has 25 heavy (non-hydrogen) atoms. The number of fused-ring (bicyclic) bond motifs is 2. The lowest BCUT2D eigenvalue weighted by Gasteiger charge is -2.36. The van der Waals surface area contributed by atoms with Gasteiger partial charge in [0.2, 0.25) is 15.9 Å². The predicted octanol–water partition coefficient (Wildman–Crippen LogP) is 0.666. The molecule has 3 aliphatic rings. The van der Waals surface area contributed by atoms with Gasteiger partial charge in [-0.1, -0.05) is 11.6 Å². The number of ether oxygens (including phenoxy) is 1. The number of anilines is 1. The van der Waals surface area contributed by atoms with Gasteiger partial charge in [0.05, 0.1) is 17.3 Å². The summed E-state index contributed by atoms with van der Waals surface area (Å²) in [7, 11) is -3.95. The zero-order valence-electron chi connectivity index (χ0n) is 13.2. The quantitative estimate of drug-likeness (QED) is 0.807. The number of carbonyl (C=O) groups excluding carboxylic acids is 2. The van der Waals surface area contributed by atoms with E-state index in [1.165, 1.54) is 16.4 Å². The maximum atomic E-state index is 13.0. The average Bonchev–Trinajstić information content (AvgIpc) is 3.03. The van der Waals surface area contributed by atoms with Crippen molar-refractivity contribution in [3.63, 3.8) is 0 Å². The third-order valence-electron chi connectivity index (χ3n) is 4.71. The maximum absolute atomic E-state index is 13.0. The molecule has 0 bridgehead atoms. The summed E-state index contributed by atoms with van der Waals surface area (Å²) in [4.78, 5) is 25.2. The minimum Gasteiger partial charge on any atom is -0.482 e. The van der Waals surface area contributed by atoms with E-state index in [-0.39, 0.29) is 53.2 Å². The van der Waals surface area contributed by atoms with E-state index in [0.29, 0.717) is 12.2 Å². The van der Waals surface area contributed by atoms with Crippen LogP contribution < -0.4 is 10.1 Å². The third-order valence-corrected chi connectivity index (χ3v) is 6.98. The van der Waals surface area contributed by atoms with Gasteiger partial charge in [0, 0.05) is 25.2 Å². The van der Waals surface area contributed by atoms with Crippen LogP contribution in [-0.4, -0.2) is 61.7 Å². The standard InChI is InChI=1S/C15H16ClN3O5S/c16-10-4-11-12(24-8-14(20)17-11)5-13(10)25(22,23)18-6-9-2-1-3-19(9)15(21)7-18/h4-5,9H,1-3,6-8H2,(H,17,20). The van der Waals surface area contributed by atoms with Crippen molar-refractivity contribution in [1.82, 2.24) is 9.21 Å². The molecule has 10 heteroatoms. The van der Waals surface area contributed by atoms with Gasteiger partial charge in [-0.3, -0.25) is 9.59 Å². The normalized spacial score (nSPS) is 23.7. The summed E-state index contributed by atoms with van der Waals surface area (Å²) in [6.45, 7) is 0.570. The van der Waals surface area contributed by atoms with E-state index in [0.717, 1.165) is 12.8 Å². The van der Waals surface area contributed by atoms with Gasteiger partial charge in [0.25, 0.3) is 5.91 Å². The molecule has 1 atom stereocenters. The summed E-state index contributed by atoms with van der Waals surface area (Å²) in [6.07, 6.45) is 1.68. The largest absolute Gasteiger partial charge is 0.482 e. The highest BCUT2D eigenvalue weighted by Crippen LogP contribution is 2.37. The van der Waals surface area contributed by atoms with E-state index in [1.54, 1.807) is 4.90 Å². The number of rotatable bonds is 2. The second kappa shape index (κ2) is 5.86. The zero-order valence-corrected chi connectivity index (χ0v) is 14.8. The molecule has 2 saturated heterocycles. The van der Waals surface area contributed by atoms with Crippen LogP contribution >= 0.6 is 11.6 Å². The first kappa shape index (κ1) is 16.6. The number of sulfonamides is 1. The Hall–Kier alpha value is -1.84. The van der Waals surface area contributed by atoms with Gasteiger partial charge in [-0.15, -0.1) is 0 Å². The molecule has 134 valence electrons. The second-order valence-electron chi connectivity index (χ2n) is 6.30. The van der Waals surface area contributed by atoms with Gasteiger partial charge in [-0.05, 0) is 18.9 Å². The fourth-order valence-electron chi connectivity index (χ4n) is 3.50. The molecule has 1 aromatic rings. The molecule has 8 nitrogen and oxygen atoms in total. The van der Waals surface area contributed by atoms with E-state index in [9.17, 15) is 18.0 Å². The molecule has 0 radical (unpaired) electrons. The number of hydrogen-bond acceptors (Lipinski definition) is 5. The molecule has 3 aliphatic heterocycles. The molecule has 1 aromatic carbocycles. The Balaban J connectivity index is 1.69. The van der Waals surface area contributed by atoms with Crippen LogP contribution in [0, 0.1) is 0 Å². The zero-order chi connectivity index (χ0) is 17.8. The maximum Gasteiger partial charge on any atom is 0.262 e. The fourth-order valence-corrected chi connectivity index (χ4v) is 5.44. The highest BCUT2D eigenvalue weighted by atomic mass is 35.5. The number of benzene rings is 1. The first-order valence-electron chi connectivity index (χ1n) is 7.92. The third kappa shape index (κ3) is 2.76. The molecule has 0 aliphatic carbocycles. The molecule has 2 fully saturated rings. The van der Waals surface area contributed by atoms with Crippen LogP contribution in [0.25, 0.3) is 0 Å². The SMILES string of the molecule is O=C1COc2cc(S(=O)(=O)N3CC(=O)N4CCCC4C3)c(Cl)cc2N1. The molecule has 3 heterocycles. The van der Waals surface area contributed by atoms with E-state index in [4.69, 9.17) is 16.3 Å². The molecule has 1 unspecified atom stereocenters. The van der Waals surface area contributed by atoms with Crippen LogP contribution in [0.3, 0.4) is 0 Å². The van der Waals surface area contributed by atoms with Crippen molar-refractivity contribution in [2.24, 2.45) is 0 Å². The van der Waals surface area contributed by atoms with Crippen LogP contribution in [-0.2, 0) is 19.6 Å². The van der Waals surface area contributed by atoms with Crippen molar-refractivity contribution < 1.29 is 22.7 Å². The highest BCUT2D eigenvalue weighted by Gasteiger charge is 2.41. The lowest BCUT2D eigenvalue weighted by molar-refractivity contribution is -0.135. The fraction of sp³-hybridized carbons (Fsp3) is 0.467. The predicted molar refractivity (Wildman–Crippen MR) is 89.1 cm³/mol. The Labute approximate surface area is 149 Å². The Morgan fingerprint density at radius 2 is 2.08 bits per heavy atom. The van der Waals surface area contributed by atoms with Crippen LogP contribution in [0.2, 0.25) is 5.02 Å². The summed E-state index contributed by atoms with van der Waals surface area (Å²) in [5.74, 6) is -0.273. The lowest BCUT2D eigenvalue weighted by Crippen LogP contribution is -2.55. The van der Waals surface area contributed by atoms with Gasteiger partial charge >= 0.3 is 0 Å². The molecule has 4 rings (SSSR count). The summed E-state index contributed by atoms with van der Waals surface area (Å²) in [5, 5.41) is 2.56.